The molecular formula is C12H18N2O4. The van der Waals surface area contributed by atoms with Crippen LogP contribution in [0, 0.1) is 0 Å². The van der Waals surface area contributed by atoms with Crippen molar-refractivity contribution in [2.24, 2.45) is 0 Å². The van der Waals surface area contributed by atoms with Crippen molar-refractivity contribution in [2.75, 3.05) is 6.54 Å². The summed E-state index contributed by atoms with van der Waals surface area (Å²) < 4.78 is 5.31. The first-order valence-corrected chi connectivity index (χ1v) is 6.36. The van der Waals surface area contributed by atoms with Gasteiger partial charge in [0.1, 0.15) is 12.1 Å². The van der Waals surface area contributed by atoms with Crippen molar-refractivity contribution < 1.29 is 19.1 Å². The van der Waals surface area contributed by atoms with Crippen LogP contribution in [-0.4, -0.2) is 41.5 Å². The average molecular weight is 254 g/mol. The van der Waals surface area contributed by atoms with Crippen LogP contribution >= 0.6 is 0 Å². The fraction of sp³-hybridized carbons (Fsp3) is 0.750. The number of esters is 1. The number of nitrogens with one attached hydrogen (secondary N) is 1. The zero-order valence-corrected chi connectivity index (χ0v) is 10.5. The maximum absolute atomic E-state index is 11.9. The maximum Gasteiger partial charge on any atom is 0.329 e. The van der Waals surface area contributed by atoms with Crippen LogP contribution in [0.25, 0.3) is 0 Å². The molecule has 6 heteroatoms. The molecule has 3 amide bonds. The zero-order valence-electron chi connectivity index (χ0n) is 10.5. The van der Waals surface area contributed by atoms with Gasteiger partial charge in [0, 0.05) is 13.5 Å². The molecule has 1 heterocycles. The van der Waals surface area contributed by atoms with Crippen LogP contribution in [-0.2, 0) is 14.3 Å². The first-order valence-electron chi connectivity index (χ1n) is 6.36. The van der Waals surface area contributed by atoms with Crippen molar-refractivity contribution in [3.05, 3.63) is 0 Å². The summed E-state index contributed by atoms with van der Waals surface area (Å²) in [5.74, 6) is -0.756. The van der Waals surface area contributed by atoms with Gasteiger partial charge in [-0.25, -0.2) is 9.59 Å². The molecule has 1 aliphatic heterocycles. The highest BCUT2D eigenvalue weighted by atomic mass is 16.5. The number of rotatable bonds is 2. The predicted molar refractivity (Wildman–Crippen MR) is 62.7 cm³/mol. The minimum Gasteiger partial charge on any atom is -0.461 e. The number of amides is 3. The van der Waals surface area contributed by atoms with E-state index in [1.165, 1.54) is 11.8 Å². The number of likely N-dealkylation sites (tertiary alicyclic amines) is 1. The third-order valence-corrected chi connectivity index (χ3v) is 3.40. The number of carbonyl (C=O) groups is 3. The van der Waals surface area contributed by atoms with Crippen molar-refractivity contribution in [3.63, 3.8) is 0 Å². The van der Waals surface area contributed by atoms with Crippen molar-refractivity contribution in [1.82, 2.24) is 10.2 Å². The Morgan fingerprint density at radius 3 is 2.44 bits per heavy atom. The van der Waals surface area contributed by atoms with E-state index in [0.717, 1.165) is 25.7 Å². The lowest BCUT2D eigenvalue weighted by Gasteiger charge is -2.29. The lowest BCUT2D eigenvalue weighted by Crippen LogP contribution is -2.48. The smallest absolute Gasteiger partial charge is 0.329 e. The molecule has 100 valence electrons. The van der Waals surface area contributed by atoms with Gasteiger partial charge in [0.15, 0.2) is 0 Å². The Kier molecular flexibility index (Phi) is 3.84. The molecule has 6 nitrogen and oxygen atoms in total. The van der Waals surface area contributed by atoms with Gasteiger partial charge in [-0.1, -0.05) is 0 Å². The highest BCUT2D eigenvalue weighted by Crippen LogP contribution is 2.25. The number of imide groups is 1. The summed E-state index contributed by atoms with van der Waals surface area (Å²) in [6, 6.07) is -1.04. The van der Waals surface area contributed by atoms with Gasteiger partial charge < -0.3 is 9.64 Å². The molecule has 1 unspecified atom stereocenters. The SMILES string of the molecule is CC(=O)NC(=O)N1CCCC1C(=O)OC1CCC1. The van der Waals surface area contributed by atoms with Crippen LogP contribution in [0.3, 0.4) is 0 Å². The quantitative estimate of drug-likeness (QED) is 0.740. The van der Waals surface area contributed by atoms with Crippen molar-refractivity contribution in [2.45, 2.75) is 51.2 Å². The lowest BCUT2D eigenvalue weighted by molar-refractivity contribution is -0.157. The summed E-state index contributed by atoms with van der Waals surface area (Å²) >= 11 is 0. The van der Waals surface area contributed by atoms with E-state index in [-0.39, 0.29) is 12.1 Å². The Labute approximate surface area is 106 Å². The first kappa shape index (κ1) is 12.9. The summed E-state index contributed by atoms with van der Waals surface area (Å²) in [5.41, 5.74) is 0. The highest BCUT2D eigenvalue weighted by Gasteiger charge is 2.37. The van der Waals surface area contributed by atoms with E-state index in [4.69, 9.17) is 4.74 Å². The van der Waals surface area contributed by atoms with Crippen LogP contribution in [0.1, 0.15) is 39.0 Å². The molecule has 1 saturated heterocycles. The molecule has 2 fully saturated rings. The topological polar surface area (TPSA) is 75.7 Å². The van der Waals surface area contributed by atoms with Crippen molar-refractivity contribution in [3.8, 4) is 0 Å². The van der Waals surface area contributed by atoms with Crippen molar-refractivity contribution in [1.29, 1.82) is 0 Å². The van der Waals surface area contributed by atoms with Gasteiger partial charge in [0.05, 0.1) is 0 Å². The van der Waals surface area contributed by atoms with Crippen LogP contribution in [0.5, 0.6) is 0 Å². The molecule has 0 aromatic heterocycles. The number of nitrogens with zero attached hydrogens (tertiary/aromatic N) is 1. The molecule has 0 aromatic rings. The summed E-state index contributed by atoms with van der Waals surface area (Å²) in [6.45, 7) is 1.76. The van der Waals surface area contributed by atoms with Crippen LogP contribution in [0.2, 0.25) is 0 Å². The van der Waals surface area contributed by atoms with E-state index in [9.17, 15) is 14.4 Å². The fourth-order valence-electron chi connectivity index (χ4n) is 2.21. The minimum atomic E-state index is -0.537. The normalized spacial score (nSPS) is 23.4. The van der Waals surface area contributed by atoms with Crippen LogP contribution < -0.4 is 5.32 Å². The van der Waals surface area contributed by atoms with Crippen LogP contribution in [0.4, 0.5) is 4.79 Å². The molecule has 0 bridgehead atoms. The van der Waals surface area contributed by atoms with Crippen LogP contribution in [0.15, 0.2) is 0 Å². The maximum atomic E-state index is 11.9. The summed E-state index contributed by atoms with van der Waals surface area (Å²) in [7, 11) is 0. The number of urea groups is 1. The van der Waals surface area contributed by atoms with E-state index >= 15 is 0 Å². The molecule has 18 heavy (non-hydrogen) atoms. The molecule has 2 aliphatic rings. The molecule has 0 aromatic carbocycles. The van der Waals surface area contributed by atoms with E-state index in [2.05, 4.69) is 5.32 Å². The Morgan fingerprint density at radius 2 is 1.89 bits per heavy atom. The third kappa shape index (κ3) is 2.80. The molecule has 1 N–H and O–H groups in total. The third-order valence-electron chi connectivity index (χ3n) is 3.40. The zero-order chi connectivity index (χ0) is 13.1. The summed E-state index contributed by atoms with van der Waals surface area (Å²) in [5, 5.41) is 2.19. The number of ether oxygens (including phenoxy) is 1. The molecule has 1 atom stereocenters. The van der Waals surface area contributed by atoms with Gasteiger partial charge in [0.2, 0.25) is 5.91 Å². The number of hydrogen-bond acceptors (Lipinski definition) is 4. The van der Waals surface area contributed by atoms with E-state index in [1.807, 2.05) is 0 Å². The standard InChI is InChI=1S/C12H18N2O4/c1-8(15)13-12(17)14-7-3-6-10(14)11(16)18-9-4-2-5-9/h9-10H,2-7H2,1H3,(H,13,15,17). The van der Waals surface area contributed by atoms with E-state index in [0.29, 0.717) is 13.0 Å². The summed E-state index contributed by atoms with van der Waals surface area (Å²) in [6.07, 6.45) is 4.32. The molecule has 0 radical (unpaired) electrons. The Morgan fingerprint density at radius 1 is 1.17 bits per heavy atom. The monoisotopic (exact) mass is 254 g/mol. The van der Waals surface area contributed by atoms with Gasteiger partial charge in [0.25, 0.3) is 0 Å². The number of carbonyl (C=O) groups excluding carboxylic acids is 3. The molecule has 2 rings (SSSR count). The molecular weight excluding hydrogens is 236 g/mol. The lowest BCUT2D eigenvalue weighted by atomic mass is 9.96. The van der Waals surface area contributed by atoms with E-state index in [1.54, 1.807) is 0 Å². The average Bonchev–Trinajstić information content (AvgIpc) is 2.70. The Bertz CT molecular complexity index is 365. The molecule has 1 aliphatic carbocycles. The Hall–Kier alpha value is -1.59. The highest BCUT2D eigenvalue weighted by molar-refractivity contribution is 5.95. The minimum absolute atomic E-state index is 0.0239. The van der Waals surface area contributed by atoms with Gasteiger partial charge in [-0.05, 0) is 32.1 Å². The fourth-order valence-corrected chi connectivity index (χ4v) is 2.21. The second kappa shape index (κ2) is 5.37. The van der Waals surface area contributed by atoms with Gasteiger partial charge >= 0.3 is 12.0 Å². The molecule has 1 saturated carbocycles. The van der Waals surface area contributed by atoms with Gasteiger partial charge in [-0.15, -0.1) is 0 Å². The second-order valence-electron chi connectivity index (χ2n) is 4.83. The molecule has 0 spiro atoms. The van der Waals surface area contributed by atoms with E-state index < -0.39 is 18.0 Å². The van der Waals surface area contributed by atoms with Gasteiger partial charge in [-0.3, -0.25) is 10.1 Å². The first-order chi connectivity index (χ1) is 8.58. The largest absolute Gasteiger partial charge is 0.461 e. The van der Waals surface area contributed by atoms with Gasteiger partial charge in [-0.2, -0.15) is 0 Å². The predicted octanol–water partition coefficient (Wildman–Crippen LogP) is 0.803. The second-order valence-corrected chi connectivity index (χ2v) is 4.83. The summed E-state index contributed by atoms with van der Waals surface area (Å²) in [4.78, 5) is 35.9. The Balaban J connectivity index is 1.91. The van der Waals surface area contributed by atoms with Crippen molar-refractivity contribution >= 4 is 17.9 Å². The number of hydrogen-bond donors (Lipinski definition) is 1.